The summed E-state index contributed by atoms with van der Waals surface area (Å²) >= 11 is 7.04. The van der Waals surface area contributed by atoms with Crippen molar-refractivity contribution in [3.8, 4) is 5.69 Å². The molecule has 4 rings (SSSR count). The van der Waals surface area contributed by atoms with Gasteiger partial charge in [-0.2, -0.15) is 0 Å². The minimum Gasteiger partial charge on any atom is -0.344 e. The Hall–Kier alpha value is -3.76. The first-order valence-electron chi connectivity index (χ1n) is 10.1. The number of nitro benzene ring substituents is 1. The molecule has 0 saturated carbocycles. The third-order valence-electron chi connectivity index (χ3n) is 5.39. The molecule has 4 aromatic rings. The number of nitrogens with zero attached hydrogens (tertiary/aromatic N) is 4. The van der Waals surface area contributed by atoms with E-state index < -0.39 is 16.2 Å². The van der Waals surface area contributed by atoms with E-state index in [0.29, 0.717) is 20.3 Å². The minimum absolute atomic E-state index is 0.0724. The lowest BCUT2D eigenvalue weighted by molar-refractivity contribution is -0.384. The number of carbonyl (C=O) groups is 1. The van der Waals surface area contributed by atoms with Crippen LogP contribution in [-0.2, 0) is 6.54 Å². The van der Waals surface area contributed by atoms with Crippen LogP contribution in [0.3, 0.4) is 0 Å². The first-order valence-corrected chi connectivity index (χ1v) is 11.3. The molecule has 0 aliphatic heterocycles. The Kier molecular flexibility index (Phi) is 6.11. The molecule has 0 fully saturated rings. The standard InChI is InChI=1S/C23H19ClN4O5S/c1-13-18-20(29)27(16-6-4-5-7-17(16)28(32)33)23(31)26(12-14-8-10-15(24)11-9-14)22(18)34-19(13)21(30)25(2)3/h4-11H,12H2,1-3H3. The highest BCUT2D eigenvalue weighted by Crippen LogP contribution is 2.30. The molecule has 0 N–H and O–H groups in total. The molecular weight excluding hydrogens is 480 g/mol. The van der Waals surface area contributed by atoms with Gasteiger partial charge in [0.15, 0.2) is 0 Å². The molecule has 1 amide bonds. The van der Waals surface area contributed by atoms with E-state index in [1.807, 2.05) is 0 Å². The predicted molar refractivity (Wildman–Crippen MR) is 132 cm³/mol. The van der Waals surface area contributed by atoms with Gasteiger partial charge in [0, 0.05) is 25.2 Å². The Morgan fingerprint density at radius 1 is 1.12 bits per heavy atom. The van der Waals surface area contributed by atoms with Gasteiger partial charge in [0.2, 0.25) is 0 Å². The van der Waals surface area contributed by atoms with E-state index >= 15 is 0 Å². The smallest absolute Gasteiger partial charge is 0.337 e. The summed E-state index contributed by atoms with van der Waals surface area (Å²) in [4.78, 5) is 53.1. The van der Waals surface area contributed by atoms with E-state index in [2.05, 4.69) is 0 Å². The van der Waals surface area contributed by atoms with Gasteiger partial charge in [-0.05, 0) is 36.2 Å². The molecule has 34 heavy (non-hydrogen) atoms. The Bertz CT molecular complexity index is 1570. The normalized spacial score (nSPS) is 11.1. The molecule has 9 nitrogen and oxygen atoms in total. The quantitative estimate of drug-likeness (QED) is 0.307. The molecule has 2 heterocycles. The van der Waals surface area contributed by atoms with E-state index in [9.17, 15) is 24.5 Å². The lowest BCUT2D eigenvalue weighted by atomic mass is 10.2. The molecular formula is C23H19ClN4O5S. The average molecular weight is 499 g/mol. The van der Waals surface area contributed by atoms with Gasteiger partial charge in [-0.3, -0.25) is 24.3 Å². The molecule has 2 aromatic heterocycles. The summed E-state index contributed by atoms with van der Waals surface area (Å²) in [7, 11) is 3.19. The molecule has 11 heteroatoms. The van der Waals surface area contributed by atoms with Gasteiger partial charge in [0.1, 0.15) is 10.5 Å². The first kappa shape index (κ1) is 23.4. The topological polar surface area (TPSA) is 107 Å². The first-order chi connectivity index (χ1) is 16.1. The summed E-state index contributed by atoms with van der Waals surface area (Å²) in [6, 6.07) is 12.4. The van der Waals surface area contributed by atoms with Crippen molar-refractivity contribution in [2.75, 3.05) is 14.1 Å². The molecule has 0 unspecified atom stereocenters. The molecule has 0 radical (unpaired) electrons. The molecule has 0 aliphatic rings. The van der Waals surface area contributed by atoms with Gasteiger partial charge in [-0.1, -0.05) is 35.9 Å². The van der Waals surface area contributed by atoms with Gasteiger partial charge < -0.3 is 4.90 Å². The second-order valence-electron chi connectivity index (χ2n) is 7.82. The van der Waals surface area contributed by atoms with Crippen LogP contribution >= 0.6 is 22.9 Å². The maximum atomic E-state index is 13.7. The number of rotatable bonds is 5. The van der Waals surface area contributed by atoms with Crippen LogP contribution in [-0.4, -0.2) is 39.0 Å². The van der Waals surface area contributed by atoms with Crippen molar-refractivity contribution in [3.63, 3.8) is 0 Å². The maximum Gasteiger partial charge on any atom is 0.337 e. The van der Waals surface area contributed by atoms with E-state index in [-0.39, 0.29) is 29.2 Å². The van der Waals surface area contributed by atoms with E-state index in [1.54, 1.807) is 45.3 Å². The number of thiophene rings is 1. The van der Waals surface area contributed by atoms with E-state index in [0.717, 1.165) is 21.5 Å². The molecule has 174 valence electrons. The van der Waals surface area contributed by atoms with Crippen LogP contribution < -0.4 is 11.2 Å². The monoisotopic (exact) mass is 498 g/mol. The minimum atomic E-state index is -0.744. The van der Waals surface area contributed by atoms with Crippen molar-refractivity contribution in [2.45, 2.75) is 13.5 Å². The zero-order valence-electron chi connectivity index (χ0n) is 18.4. The predicted octanol–water partition coefficient (Wildman–Crippen LogP) is 3.83. The highest BCUT2D eigenvalue weighted by atomic mass is 35.5. The molecule has 0 spiro atoms. The number of aromatic nitrogens is 2. The summed E-state index contributed by atoms with van der Waals surface area (Å²) < 4.78 is 2.17. The fraction of sp³-hybridized carbons (Fsp3) is 0.174. The molecule has 0 atom stereocenters. The number of fused-ring (bicyclic) bond motifs is 1. The zero-order valence-corrected chi connectivity index (χ0v) is 20.0. The van der Waals surface area contributed by atoms with E-state index in [1.165, 1.54) is 33.7 Å². The number of para-hydroxylation sites is 2. The number of hydrogen-bond acceptors (Lipinski definition) is 6. The molecule has 0 aliphatic carbocycles. The summed E-state index contributed by atoms with van der Waals surface area (Å²) in [6.07, 6.45) is 0. The highest BCUT2D eigenvalue weighted by molar-refractivity contribution is 7.20. The number of hydrogen-bond donors (Lipinski definition) is 0. The van der Waals surface area contributed by atoms with Crippen LogP contribution in [0.5, 0.6) is 0 Å². The third-order valence-corrected chi connectivity index (χ3v) is 6.94. The van der Waals surface area contributed by atoms with Gasteiger partial charge in [0.25, 0.3) is 17.2 Å². The Morgan fingerprint density at radius 2 is 1.76 bits per heavy atom. The number of benzene rings is 2. The van der Waals surface area contributed by atoms with Gasteiger partial charge in [-0.15, -0.1) is 11.3 Å². The Balaban J connectivity index is 2.12. The SMILES string of the molecule is Cc1c(C(=O)N(C)C)sc2c1c(=O)n(-c1ccccc1[N+](=O)[O-])c(=O)n2Cc1ccc(Cl)cc1. The zero-order chi connectivity index (χ0) is 24.7. The lowest BCUT2D eigenvalue weighted by Gasteiger charge is -2.13. The van der Waals surface area contributed by atoms with Crippen molar-refractivity contribution >= 4 is 44.7 Å². The van der Waals surface area contributed by atoms with E-state index in [4.69, 9.17) is 11.6 Å². The number of amides is 1. The second kappa shape index (κ2) is 8.88. The summed E-state index contributed by atoms with van der Waals surface area (Å²) in [6.45, 7) is 1.71. The third kappa shape index (κ3) is 3.91. The Morgan fingerprint density at radius 3 is 2.38 bits per heavy atom. The van der Waals surface area contributed by atoms with Crippen molar-refractivity contribution in [1.82, 2.24) is 14.0 Å². The van der Waals surface area contributed by atoms with Crippen LogP contribution in [0, 0.1) is 17.0 Å². The number of aryl methyl sites for hydroxylation is 1. The fourth-order valence-corrected chi connectivity index (χ4v) is 5.13. The van der Waals surface area contributed by atoms with Crippen LogP contribution in [0.4, 0.5) is 5.69 Å². The number of halogens is 1. The number of nitro groups is 1. The number of carbonyl (C=O) groups excluding carboxylic acids is 1. The highest BCUT2D eigenvalue weighted by Gasteiger charge is 2.26. The van der Waals surface area contributed by atoms with Crippen LogP contribution in [0.15, 0.2) is 58.1 Å². The molecule has 0 bridgehead atoms. The Labute approximate surface area is 202 Å². The summed E-state index contributed by atoms with van der Waals surface area (Å²) in [5.41, 5.74) is -0.829. The van der Waals surface area contributed by atoms with Crippen molar-refractivity contribution in [2.24, 2.45) is 0 Å². The lowest BCUT2D eigenvalue weighted by Crippen LogP contribution is -2.39. The largest absolute Gasteiger partial charge is 0.344 e. The maximum absolute atomic E-state index is 13.7. The summed E-state index contributed by atoms with van der Waals surface area (Å²) in [5, 5.41) is 12.3. The van der Waals surface area contributed by atoms with Crippen LogP contribution in [0.2, 0.25) is 5.02 Å². The van der Waals surface area contributed by atoms with Gasteiger partial charge in [0.05, 0.1) is 21.7 Å². The molecule has 0 saturated heterocycles. The van der Waals surface area contributed by atoms with Crippen LogP contribution in [0.1, 0.15) is 20.8 Å². The van der Waals surface area contributed by atoms with Gasteiger partial charge >= 0.3 is 5.69 Å². The van der Waals surface area contributed by atoms with Crippen LogP contribution in [0.25, 0.3) is 15.9 Å². The van der Waals surface area contributed by atoms with Crippen molar-refractivity contribution in [1.29, 1.82) is 0 Å². The van der Waals surface area contributed by atoms with Crippen molar-refractivity contribution < 1.29 is 9.72 Å². The second-order valence-corrected chi connectivity index (χ2v) is 9.25. The van der Waals surface area contributed by atoms with Crippen molar-refractivity contribution in [3.05, 3.63) is 101 Å². The summed E-state index contributed by atoms with van der Waals surface area (Å²) in [5.74, 6) is -0.305. The fourth-order valence-electron chi connectivity index (χ4n) is 3.69. The molecule has 2 aromatic carbocycles. The van der Waals surface area contributed by atoms with Gasteiger partial charge in [-0.25, -0.2) is 9.36 Å². The average Bonchev–Trinajstić information content (AvgIpc) is 3.14.